The van der Waals surface area contributed by atoms with Gasteiger partial charge < -0.3 is 9.84 Å². The first-order chi connectivity index (χ1) is 8.74. The standard InChI is InChI=1S/C15H12O3/c1-18-10-3-5-12-14(7-10)13-6-9(8-16)2-4-11(13)15(12)17/h2-7,16H,8H2,1H3. The number of aliphatic hydroxyl groups excluding tert-OH is 1. The number of hydrogen-bond donors (Lipinski definition) is 1. The Kier molecular flexibility index (Phi) is 2.42. The highest BCUT2D eigenvalue weighted by molar-refractivity contribution is 6.21. The molecule has 90 valence electrons. The van der Waals surface area contributed by atoms with E-state index in [1.807, 2.05) is 12.1 Å². The molecule has 1 aliphatic carbocycles. The maximum atomic E-state index is 12.2. The first-order valence-electron chi connectivity index (χ1n) is 5.71. The lowest BCUT2D eigenvalue weighted by Crippen LogP contribution is -1.95. The second-order valence-corrected chi connectivity index (χ2v) is 4.28. The number of fused-ring (bicyclic) bond motifs is 3. The van der Waals surface area contributed by atoms with Gasteiger partial charge in [-0.3, -0.25) is 4.79 Å². The van der Waals surface area contributed by atoms with Crippen LogP contribution in [0.5, 0.6) is 5.75 Å². The van der Waals surface area contributed by atoms with Gasteiger partial charge in [-0.25, -0.2) is 0 Å². The number of methoxy groups -OCH3 is 1. The van der Waals surface area contributed by atoms with E-state index in [1.165, 1.54) is 0 Å². The summed E-state index contributed by atoms with van der Waals surface area (Å²) in [6.45, 7) is -0.0270. The maximum absolute atomic E-state index is 12.2. The summed E-state index contributed by atoms with van der Waals surface area (Å²) in [6.07, 6.45) is 0. The molecule has 0 amide bonds. The van der Waals surface area contributed by atoms with Crippen LogP contribution < -0.4 is 4.74 Å². The van der Waals surface area contributed by atoms with Crippen LogP contribution in [0.1, 0.15) is 21.5 Å². The molecule has 0 radical (unpaired) electrons. The molecule has 0 saturated heterocycles. The van der Waals surface area contributed by atoms with Crippen molar-refractivity contribution in [2.45, 2.75) is 6.61 Å². The van der Waals surface area contributed by atoms with Gasteiger partial charge in [-0.05, 0) is 41.0 Å². The first kappa shape index (κ1) is 11.0. The molecule has 3 rings (SSSR count). The fourth-order valence-corrected chi connectivity index (χ4v) is 2.33. The molecule has 1 N–H and O–H groups in total. The van der Waals surface area contributed by atoms with Crippen molar-refractivity contribution in [2.24, 2.45) is 0 Å². The maximum Gasteiger partial charge on any atom is 0.194 e. The summed E-state index contributed by atoms with van der Waals surface area (Å²) in [5.41, 5.74) is 3.94. The number of hydrogen-bond acceptors (Lipinski definition) is 3. The molecule has 0 unspecified atom stereocenters. The number of rotatable bonds is 2. The lowest BCUT2D eigenvalue weighted by molar-refractivity contribution is 0.104. The number of benzene rings is 2. The van der Waals surface area contributed by atoms with Crippen molar-refractivity contribution in [3.05, 3.63) is 53.1 Å². The average molecular weight is 240 g/mol. The van der Waals surface area contributed by atoms with Gasteiger partial charge in [0.2, 0.25) is 0 Å². The molecular formula is C15H12O3. The average Bonchev–Trinajstić information content (AvgIpc) is 2.71. The molecule has 0 atom stereocenters. The van der Waals surface area contributed by atoms with Crippen molar-refractivity contribution < 1.29 is 14.6 Å². The summed E-state index contributed by atoms with van der Waals surface area (Å²) in [7, 11) is 1.60. The molecule has 0 aliphatic heterocycles. The second kappa shape index (κ2) is 3.96. The number of ketones is 1. The SMILES string of the molecule is COc1ccc2c(c1)-c1cc(CO)ccc1C2=O. The Morgan fingerprint density at radius 2 is 1.67 bits per heavy atom. The fourth-order valence-electron chi connectivity index (χ4n) is 2.33. The minimum atomic E-state index is -0.0270. The summed E-state index contributed by atoms with van der Waals surface area (Å²) in [5.74, 6) is 0.760. The Morgan fingerprint density at radius 3 is 2.33 bits per heavy atom. The first-order valence-corrected chi connectivity index (χ1v) is 5.71. The van der Waals surface area contributed by atoms with E-state index in [-0.39, 0.29) is 12.4 Å². The van der Waals surface area contributed by atoms with Gasteiger partial charge in [0.1, 0.15) is 5.75 Å². The molecule has 2 aromatic carbocycles. The summed E-state index contributed by atoms with van der Waals surface area (Å²) < 4.78 is 5.19. The van der Waals surface area contributed by atoms with Gasteiger partial charge in [0.25, 0.3) is 0 Å². The summed E-state index contributed by atoms with van der Waals surface area (Å²) >= 11 is 0. The Hall–Kier alpha value is -2.13. The van der Waals surface area contributed by atoms with E-state index in [9.17, 15) is 9.90 Å². The second-order valence-electron chi connectivity index (χ2n) is 4.28. The molecule has 2 aromatic rings. The smallest absolute Gasteiger partial charge is 0.194 e. The summed E-state index contributed by atoms with van der Waals surface area (Å²) in [4.78, 5) is 12.2. The highest BCUT2D eigenvalue weighted by Gasteiger charge is 2.26. The largest absolute Gasteiger partial charge is 0.497 e. The fraction of sp³-hybridized carbons (Fsp3) is 0.133. The lowest BCUT2D eigenvalue weighted by atomic mass is 10.0. The van der Waals surface area contributed by atoms with Gasteiger partial charge in [-0.2, -0.15) is 0 Å². The highest BCUT2D eigenvalue weighted by atomic mass is 16.5. The normalized spacial score (nSPS) is 12.2. The van der Waals surface area contributed by atoms with Gasteiger partial charge in [-0.1, -0.05) is 12.1 Å². The molecule has 0 fully saturated rings. The minimum Gasteiger partial charge on any atom is -0.497 e. The Bertz CT molecular complexity index is 589. The van der Waals surface area contributed by atoms with Crippen molar-refractivity contribution in [3.8, 4) is 16.9 Å². The number of carbonyl (C=O) groups is 1. The zero-order valence-corrected chi connectivity index (χ0v) is 9.93. The van der Waals surface area contributed by atoms with Crippen LogP contribution in [0.25, 0.3) is 11.1 Å². The van der Waals surface area contributed by atoms with Gasteiger partial charge in [0.15, 0.2) is 5.78 Å². The molecule has 0 spiro atoms. The van der Waals surface area contributed by atoms with Crippen molar-refractivity contribution in [2.75, 3.05) is 7.11 Å². The monoisotopic (exact) mass is 240 g/mol. The van der Waals surface area contributed by atoms with Gasteiger partial charge in [0.05, 0.1) is 13.7 Å². The van der Waals surface area contributed by atoms with Crippen molar-refractivity contribution in [1.29, 1.82) is 0 Å². The molecule has 3 nitrogen and oxygen atoms in total. The van der Waals surface area contributed by atoms with E-state index in [4.69, 9.17) is 4.74 Å². The number of carbonyl (C=O) groups excluding carboxylic acids is 1. The number of ether oxygens (including phenoxy) is 1. The van der Waals surface area contributed by atoms with Crippen LogP contribution in [0.3, 0.4) is 0 Å². The van der Waals surface area contributed by atoms with E-state index >= 15 is 0 Å². The van der Waals surface area contributed by atoms with Crippen LogP contribution in [0.4, 0.5) is 0 Å². The van der Waals surface area contributed by atoms with Crippen LogP contribution >= 0.6 is 0 Å². The summed E-state index contributed by atoms with van der Waals surface area (Å²) in [5, 5.41) is 9.17. The molecule has 3 heteroatoms. The Balaban J connectivity index is 2.26. The molecule has 18 heavy (non-hydrogen) atoms. The third-order valence-corrected chi connectivity index (χ3v) is 3.27. The third-order valence-electron chi connectivity index (χ3n) is 3.27. The molecule has 0 heterocycles. The van der Waals surface area contributed by atoms with Crippen molar-refractivity contribution in [1.82, 2.24) is 0 Å². The van der Waals surface area contributed by atoms with Crippen molar-refractivity contribution >= 4 is 5.78 Å². The van der Waals surface area contributed by atoms with E-state index in [0.717, 1.165) is 22.4 Å². The lowest BCUT2D eigenvalue weighted by Gasteiger charge is -2.04. The zero-order valence-electron chi connectivity index (χ0n) is 9.93. The molecular weight excluding hydrogens is 228 g/mol. The van der Waals surface area contributed by atoms with Crippen LogP contribution in [0, 0.1) is 0 Å². The van der Waals surface area contributed by atoms with Crippen LogP contribution in [-0.2, 0) is 6.61 Å². The quantitative estimate of drug-likeness (QED) is 0.748. The van der Waals surface area contributed by atoms with Crippen LogP contribution in [0.2, 0.25) is 0 Å². The number of aliphatic hydroxyl groups is 1. The molecule has 0 saturated carbocycles. The third kappa shape index (κ3) is 1.45. The van der Waals surface area contributed by atoms with Crippen LogP contribution in [-0.4, -0.2) is 18.0 Å². The van der Waals surface area contributed by atoms with Crippen molar-refractivity contribution in [3.63, 3.8) is 0 Å². The van der Waals surface area contributed by atoms with E-state index in [1.54, 1.807) is 31.4 Å². The molecule has 0 bridgehead atoms. The van der Waals surface area contributed by atoms with Gasteiger partial charge in [0, 0.05) is 11.1 Å². The van der Waals surface area contributed by atoms with Gasteiger partial charge >= 0.3 is 0 Å². The highest BCUT2D eigenvalue weighted by Crippen LogP contribution is 2.38. The topological polar surface area (TPSA) is 46.5 Å². The molecule has 1 aliphatic rings. The Labute approximate surface area is 105 Å². The predicted molar refractivity (Wildman–Crippen MR) is 67.8 cm³/mol. The van der Waals surface area contributed by atoms with E-state index < -0.39 is 0 Å². The van der Waals surface area contributed by atoms with Crippen LogP contribution in [0.15, 0.2) is 36.4 Å². The minimum absolute atomic E-state index is 0.0270. The van der Waals surface area contributed by atoms with Gasteiger partial charge in [-0.15, -0.1) is 0 Å². The van der Waals surface area contributed by atoms with E-state index in [0.29, 0.717) is 11.1 Å². The summed E-state index contributed by atoms with van der Waals surface area (Å²) in [6, 6.07) is 10.8. The zero-order chi connectivity index (χ0) is 12.7. The Morgan fingerprint density at radius 1 is 1.00 bits per heavy atom. The predicted octanol–water partition coefficient (Wildman–Crippen LogP) is 2.40. The van der Waals surface area contributed by atoms with E-state index in [2.05, 4.69) is 0 Å². The molecule has 0 aromatic heterocycles.